The average Bonchev–Trinajstić information content (AvgIpc) is 3.21. The van der Waals surface area contributed by atoms with Gasteiger partial charge in [0.2, 0.25) is 5.91 Å². The van der Waals surface area contributed by atoms with Gasteiger partial charge in [-0.15, -0.1) is 0 Å². The van der Waals surface area contributed by atoms with Crippen LogP contribution in [0.15, 0.2) is 24.3 Å². The fraction of sp³-hybridized carbons (Fsp3) is 0.500. The van der Waals surface area contributed by atoms with Crippen LogP contribution in [0.3, 0.4) is 0 Å². The van der Waals surface area contributed by atoms with Crippen LogP contribution in [0.2, 0.25) is 0 Å². The summed E-state index contributed by atoms with van der Waals surface area (Å²) < 4.78 is 0. The first kappa shape index (κ1) is 14.1. The van der Waals surface area contributed by atoms with Crippen LogP contribution in [0.1, 0.15) is 48.9 Å². The molecule has 0 unspecified atom stereocenters. The predicted octanol–water partition coefficient (Wildman–Crippen LogP) is 1.79. The van der Waals surface area contributed by atoms with Crippen molar-refractivity contribution in [3.8, 4) is 0 Å². The zero-order valence-corrected chi connectivity index (χ0v) is 12.0. The van der Waals surface area contributed by atoms with E-state index < -0.39 is 0 Å². The molecular formula is C16H21N3O2. The van der Waals surface area contributed by atoms with Crippen LogP contribution in [0.4, 0.5) is 5.69 Å². The van der Waals surface area contributed by atoms with E-state index in [1.54, 1.807) is 18.2 Å². The van der Waals surface area contributed by atoms with E-state index in [1.165, 1.54) is 0 Å². The van der Waals surface area contributed by atoms with Gasteiger partial charge in [-0.05, 0) is 44.2 Å². The summed E-state index contributed by atoms with van der Waals surface area (Å²) in [5.74, 6) is -0.247. The molecule has 0 atom stereocenters. The lowest BCUT2D eigenvalue weighted by Crippen LogP contribution is -2.49. The Balaban J connectivity index is 1.66. The van der Waals surface area contributed by atoms with E-state index in [4.69, 9.17) is 5.73 Å². The number of carbonyl (C=O) groups is 2. The number of hydrogen-bond donors (Lipinski definition) is 3. The van der Waals surface area contributed by atoms with Crippen LogP contribution >= 0.6 is 0 Å². The van der Waals surface area contributed by atoms with Gasteiger partial charge in [0.25, 0.3) is 5.91 Å². The quantitative estimate of drug-likeness (QED) is 0.772. The number of hydrogen-bond acceptors (Lipinski definition) is 3. The molecule has 2 amide bonds. The molecule has 5 nitrogen and oxygen atoms in total. The summed E-state index contributed by atoms with van der Waals surface area (Å²) in [7, 11) is 0. The van der Waals surface area contributed by atoms with E-state index in [0.29, 0.717) is 23.7 Å². The fourth-order valence-corrected chi connectivity index (χ4v) is 2.60. The first-order chi connectivity index (χ1) is 10.1. The minimum Gasteiger partial charge on any atom is -0.349 e. The van der Waals surface area contributed by atoms with Crippen molar-refractivity contribution >= 4 is 17.5 Å². The lowest BCUT2D eigenvalue weighted by atomic mass is 9.75. The molecular weight excluding hydrogens is 266 g/mol. The summed E-state index contributed by atoms with van der Waals surface area (Å²) in [4.78, 5) is 24.3. The Bertz CT molecular complexity index is 562. The first-order valence-electron chi connectivity index (χ1n) is 7.54. The van der Waals surface area contributed by atoms with Crippen molar-refractivity contribution in [2.75, 3.05) is 5.32 Å². The Hall–Kier alpha value is -1.88. The van der Waals surface area contributed by atoms with Crippen LogP contribution in [0, 0.1) is 0 Å². The highest BCUT2D eigenvalue weighted by Gasteiger charge is 2.34. The SMILES string of the molecule is NC1(CC(=O)Nc2ccccc2C(=O)NC2CC2)CCC1. The summed E-state index contributed by atoms with van der Waals surface area (Å²) in [6.07, 6.45) is 5.26. The molecule has 0 heterocycles. The van der Waals surface area contributed by atoms with Gasteiger partial charge in [-0.1, -0.05) is 12.1 Å². The average molecular weight is 287 g/mol. The molecule has 0 spiro atoms. The van der Waals surface area contributed by atoms with Crippen LogP contribution in [-0.4, -0.2) is 23.4 Å². The van der Waals surface area contributed by atoms with E-state index in [1.807, 2.05) is 6.07 Å². The van der Waals surface area contributed by atoms with Gasteiger partial charge in [0, 0.05) is 18.0 Å². The van der Waals surface area contributed by atoms with E-state index in [2.05, 4.69) is 10.6 Å². The molecule has 2 fully saturated rings. The molecule has 2 saturated carbocycles. The molecule has 2 aliphatic carbocycles. The monoisotopic (exact) mass is 287 g/mol. The molecule has 0 aliphatic heterocycles. The van der Waals surface area contributed by atoms with Crippen LogP contribution in [-0.2, 0) is 4.79 Å². The van der Waals surface area contributed by atoms with Gasteiger partial charge in [-0.2, -0.15) is 0 Å². The van der Waals surface area contributed by atoms with Crippen LogP contribution < -0.4 is 16.4 Å². The Kier molecular flexibility index (Phi) is 3.68. The van der Waals surface area contributed by atoms with Crippen molar-refractivity contribution in [2.24, 2.45) is 5.73 Å². The van der Waals surface area contributed by atoms with Gasteiger partial charge >= 0.3 is 0 Å². The number of nitrogens with two attached hydrogens (primary N) is 1. The van der Waals surface area contributed by atoms with Gasteiger partial charge in [0.15, 0.2) is 0 Å². The predicted molar refractivity (Wildman–Crippen MR) is 80.9 cm³/mol. The fourth-order valence-electron chi connectivity index (χ4n) is 2.60. The maximum atomic E-state index is 12.2. The number of nitrogens with one attached hydrogen (secondary N) is 2. The van der Waals surface area contributed by atoms with Crippen molar-refractivity contribution in [3.63, 3.8) is 0 Å². The number of anilines is 1. The molecule has 1 aromatic rings. The third-order valence-electron chi connectivity index (χ3n) is 4.22. The molecule has 0 bridgehead atoms. The molecule has 0 radical (unpaired) electrons. The largest absolute Gasteiger partial charge is 0.349 e. The number of rotatable bonds is 5. The first-order valence-corrected chi connectivity index (χ1v) is 7.54. The smallest absolute Gasteiger partial charge is 0.253 e. The lowest BCUT2D eigenvalue weighted by Gasteiger charge is -2.37. The zero-order valence-electron chi connectivity index (χ0n) is 12.0. The highest BCUT2D eigenvalue weighted by molar-refractivity contribution is 6.04. The van der Waals surface area contributed by atoms with E-state index in [-0.39, 0.29) is 17.4 Å². The maximum absolute atomic E-state index is 12.2. The van der Waals surface area contributed by atoms with Crippen molar-refractivity contribution in [3.05, 3.63) is 29.8 Å². The molecule has 3 rings (SSSR count). The van der Waals surface area contributed by atoms with Crippen LogP contribution in [0.5, 0.6) is 0 Å². The maximum Gasteiger partial charge on any atom is 0.253 e. The highest BCUT2D eigenvalue weighted by Crippen LogP contribution is 2.32. The molecule has 112 valence electrons. The molecule has 4 N–H and O–H groups in total. The molecule has 2 aliphatic rings. The Morgan fingerprint density at radius 2 is 1.95 bits per heavy atom. The Morgan fingerprint density at radius 3 is 2.57 bits per heavy atom. The van der Waals surface area contributed by atoms with E-state index >= 15 is 0 Å². The summed E-state index contributed by atoms with van der Waals surface area (Å²) in [6.45, 7) is 0. The van der Waals surface area contributed by atoms with Gasteiger partial charge in [0.05, 0.1) is 11.3 Å². The molecule has 0 aromatic heterocycles. The normalized spacial score (nSPS) is 19.5. The number of para-hydroxylation sites is 1. The highest BCUT2D eigenvalue weighted by atomic mass is 16.2. The van der Waals surface area contributed by atoms with Crippen molar-refractivity contribution in [1.29, 1.82) is 0 Å². The summed E-state index contributed by atoms with van der Waals surface area (Å²) >= 11 is 0. The number of carbonyl (C=O) groups excluding carboxylic acids is 2. The molecule has 1 aromatic carbocycles. The van der Waals surface area contributed by atoms with Gasteiger partial charge in [-0.3, -0.25) is 9.59 Å². The Labute approximate surface area is 124 Å². The van der Waals surface area contributed by atoms with E-state index in [0.717, 1.165) is 32.1 Å². The third-order valence-corrected chi connectivity index (χ3v) is 4.22. The standard InChI is InChI=1S/C16H21N3O2/c17-16(8-3-9-16)10-14(20)19-13-5-2-1-4-12(13)15(21)18-11-6-7-11/h1-2,4-5,11H,3,6-10,17H2,(H,18,21)(H,19,20). The minimum absolute atomic E-state index is 0.121. The molecule has 21 heavy (non-hydrogen) atoms. The zero-order chi connectivity index (χ0) is 14.9. The summed E-state index contributed by atoms with van der Waals surface area (Å²) in [6, 6.07) is 7.39. The second-order valence-electron chi connectivity index (χ2n) is 6.23. The lowest BCUT2D eigenvalue weighted by molar-refractivity contribution is -0.118. The summed E-state index contributed by atoms with van der Waals surface area (Å²) in [5.41, 5.74) is 6.81. The molecule has 0 saturated heterocycles. The van der Waals surface area contributed by atoms with Crippen molar-refractivity contribution in [1.82, 2.24) is 5.32 Å². The second-order valence-corrected chi connectivity index (χ2v) is 6.23. The second kappa shape index (κ2) is 5.48. The van der Waals surface area contributed by atoms with Crippen LogP contribution in [0.25, 0.3) is 0 Å². The van der Waals surface area contributed by atoms with Crippen molar-refractivity contribution < 1.29 is 9.59 Å². The van der Waals surface area contributed by atoms with E-state index in [9.17, 15) is 9.59 Å². The van der Waals surface area contributed by atoms with Gasteiger partial charge in [0.1, 0.15) is 0 Å². The number of amides is 2. The molecule has 5 heteroatoms. The topological polar surface area (TPSA) is 84.2 Å². The van der Waals surface area contributed by atoms with Gasteiger partial charge < -0.3 is 16.4 Å². The Morgan fingerprint density at radius 1 is 1.24 bits per heavy atom. The number of benzene rings is 1. The minimum atomic E-state index is -0.352. The van der Waals surface area contributed by atoms with Gasteiger partial charge in [-0.25, -0.2) is 0 Å². The summed E-state index contributed by atoms with van der Waals surface area (Å²) in [5, 5.41) is 5.77. The van der Waals surface area contributed by atoms with Crippen molar-refractivity contribution in [2.45, 2.75) is 50.1 Å². The third kappa shape index (κ3) is 3.42.